The van der Waals surface area contributed by atoms with Gasteiger partial charge in [0.2, 0.25) is 0 Å². The third-order valence-electron chi connectivity index (χ3n) is 4.51. The highest BCUT2D eigenvalue weighted by Gasteiger charge is 2.22. The fourth-order valence-corrected chi connectivity index (χ4v) is 3.03. The van der Waals surface area contributed by atoms with Crippen molar-refractivity contribution in [2.75, 3.05) is 33.3 Å². The van der Waals surface area contributed by atoms with Crippen LogP contribution in [-0.4, -0.2) is 76.7 Å². The number of guanidine groups is 1. The summed E-state index contributed by atoms with van der Waals surface area (Å²) < 4.78 is 12.9. The Morgan fingerprint density at radius 3 is 2.62 bits per heavy atom. The molecule has 0 saturated carbocycles. The number of hydrogen-bond acceptors (Lipinski definition) is 6. The maximum absolute atomic E-state index is 11.6. The van der Waals surface area contributed by atoms with Crippen LogP contribution in [0, 0.1) is 0 Å². The monoisotopic (exact) mass is 409 g/mol. The zero-order valence-electron chi connectivity index (χ0n) is 18.3. The molecule has 1 aromatic rings. The second-order valence-corrected chi connectivity index (χ2v) is 8.04. The van der Waals surface area contributed by atoms with Crippen LogP contribution in [0.15, 0.2) is 11.3 Å². The maximum Gasteiger partial charge on any atom is 0.407 e. The molecule has 1 saturated heterocycles. The minimum Gasteiger partial charge on any atom is -0.444 e. The van der Waals surface area contributed by atoms with Gasteiger partial charge >= 0.3 is 6.09 Å². The molecule has 0 atom stereocenters. The van der Waals surface area contributed by atoms with Crippen LogP contribution in [0.4, 0.5) is 4.79 Å². The van der Waals surface area contributed by atoms with Gasteiger partial charge in [0.05, 0.1) is 12.6 Å². The Balaban J connectivity index is 1.59. The minimum atomic E-state index is -0.474. The predicted octanol–water partition coefficient (Wildman–Crippen LogP) is 1.29. The lowest BCUT2D eigenvalue weighted by Crippen LogP contribution is -2.47. The van der Waals surface area contributed by atoms with Crippen molar-refractivity contribution >= 4 is 12.1 Å². The van der Waals surface area contributed by atoms with Crippen LogP contribution in [0.1, 0.15) is 45.9 Å². The first-order valence-electron chi connectivity index (χ1n) is 10.2. The molecule has 2 heterocycles. The summed E-state index contributed by atoms with van der Waals surface area (Å²) in [5.74, 6) is 1.73. The maximum atomic E-state index is 11.6. The highest BCUT2D eigenvalue weighted by atomic mass is 16.6. The molecule has 10 nitrogen and oxygen atoms in total. The molecule has 29 heavy (non-hydrogen) atoms. The van der Waals surface area contributed by atoms with E-state index >= 15 is 0 Å². The highest BCUT2D eigenvalue weighted by molar-refractivity contribution is 5.79. The van der Waals surface area contributed by atoms with Crippen molar-refractivity contribution in [3.05, 3.63) is 12.2 Å². The molecule has 1 fully saturated rings. The Kier molecular flexibility index (Phi) is 8.69. The second-order valence-electron chi connectivity index (χ2n) is 8.04. The molecule has 2 rings (SSSR count). The summed E-state index contributed by atoms with van der Waals surface area (Å²) in [6, 6.07) is 0. The molecule has 0 unspecified atom stereocenters. The lowest BCUT2D eigenvalue weighted by molar-refractivity contribution is 0.0170. The lowest BCUT2D eigenvalue weighted by atomic mass is 10.1. The van der Waals surface area contributed by atoms with E-state index in [2.05, 4.69) is 30.6 Å². The first-order valence-corrected chi connectivity index (χ1v) is 10.2. The van der Waals surface area contributed by atoms with E-state index in [1.165, 1.54) is 0 Å². The summed E-state index contributed by atoms with van der Waals surface area (Å²) >= 11 is 0. The molecule has 0 radical (unpaired) electrons. The quantitative estimate of drug-likeness (QED) is 0.397. The van der Waals surface area contributed by atoms with Crippen molar-refractivity contribution in [3.63, 3.8) is 0 Å². The van der Waals surface area contributed by atoms with Crippen LogP contribution in [0.5, 0.6) is 0 Å². The molecular formula is C19H35N7O3. The number of amides is 1. The Bertz CT molecular complexity index is 661. The largest absolute Gasteiger partial charge is 0.444 e. The molecule has 10 heteroatoms. The van der Waals surface area contributed by atoms with Crippen LogP contribution >= 0.6 is 0 Å². The van der Waals surface area contributed by atoms with E-state index in [4.69, 9.17) is 9.47 Å². The summed E-state index contributed by atoms with van der Waals surface area (Å²) in [7, 11) is 3.66. The van der Waals surface area contributed by atoms with Gasteiger partial charge in [0.1, 0.15) is 17.8 Å². The number of aromatic nitrogens is 3. The Hall–Kier alpha value is -2.36. The third-order valence-corrected chi connectivity index (χ3v) is 4.51. The number of hydrogen-bond donors (Lipinski definition) is 2. The molecule has 0 aliphatic carbocycles. The molecule has 0 aromatic carbocycles. The fraction of sp³-hybridized carbons (Fsp3) is 0.789. The van der Waals surface area contributed by atoms with Gasteiger partial charge in [0, 0.05) is 40.3 Å². The van der Waals surface area contributed by atoms with E-state index in [-0.39, 0.29) is 12.2 Å². The number of nitrogens with one attached hydrogen (secondary N) is 2. The molecule has 1 aliphatic heterocycles. The Labute approximate surface area is 173 Å². The summed E-state index contributed by atoms with van der Waals surface area (Å²) in [5.41, 5.74) is -0.474. The molecule has 0 spiro atoms. The van der Waals surface area contributed by atoms with Gasteiger partial charge in [-0.1, -0.05) is 0 Å². The van der Waals surface area contributed by atoms with E-state index in [1.807, 2.05) is 27.8 Å². The zero-order chi connectivity index (χ0) is 21.3. The number of likely N-dealkylation sites (tertiary alicyclic amines) is 1. The Morgan fingerprint density at radius 1 is 1.31 bits per heavy atom. The van der Waals surface area contributed by atoms with Crippen molar-refractivity contribution in [2.24, 2.45) is 12.0 Å². The van der Waals surface area contributed by atoms with E-state index in [0.717, 1.165) is 44.1 Å². The summed E-state index contributed by atoms with van der Waals surface area (Å²) in [6.45, 7) is 9.08. The van der Waals surface area contributed by atoms with Crippen molar-refractivity contribution in [2.45, 2.75) is 58.3 Å². The molecule has 0 bridgehead atoms. The molecule has 164 valence electrons. The average molecular weight is 410 g/mol. The van der Waals surface area contributed by atoms with Gasteiger partial charge in [-0.2, -0.15) is 5.10 Å². The van der Waals surface area contributed by atoms with Gasteiger partial charge in [0.15, 0.2) is 5.96 Å². The number of aryl methyl sites for hydroxylation is 1. The number of nitrogens with zero attached hydrogens (tertiary/aromatic N) is 5. The van der Waals surface area contributed by atoms with Gasteiger partial charge in [0.25, 0.3) is 0 Å². The SMILES string of the molecule is CN=C(NCc1ncnn1C)N1CCC(OCCCNC(=O)OC(C)(C)C)CC1. The predicted molar refractivity (Wildman–Crippen MR) is 111 cm³/mol. The number of carbonyl (C=O) groups excluding carboxylic acids is 1. The van der Waals surface area contributed by atoms with Crippen molar-refractivity contribution < 1.29 is 14.3 Å². The normalized spacial score (nSPS) is 16.0. The fourth-order valence-electron chi connectivity index (χ4n) is 3.03. The first kappa shape index (κ1) is 22.9. The minimum absolute atomic E-state index is 0.240. The van der Waals surface area contributed by atoms with E-state index in [9.17, 15) is 4.79 Å². The summed E-state index contributed by atoms with van der Waals surface area (Å²) in [6.07, 6.45) is 4.07. The van der Waals surface area contributed by atoms with Crippen LogP contribution in [0.2, 0.25) is 0 Å². The number of carbonyl (C=O) groups is 1. The van der Waals surface area contributed by atoms with Crippen LogP contribution in [0.25, 0.3) is 0 Å². The smallest absolute Gasteiger partial charge is 0.407 e. The van der Waals surface area contributed by atoms with Gasteiger partial charge in [-0.3, -0.25) is 9.67 Å². The van der Waals surface area contributed by atoms with Crippen LogP contribution in [-0.2, 0) is 23.1 Å². The lowest BCUT2D eigenvalue weighted by Gasteiger charge is -2.34. The average Bonchev–Trinajstić information content (AvgIpc) is 3.06. The van der Waals surface area contributed by atoms with Crippen molar-refractivity contribution in [1.29, 1.82) is 0 Å². The number of rotatable bonds is 7. The molecule has 1 aromatic heterocycles. The van der Waals surface area contributed by atoms with Gasteiger partial charge in [-0.05, 0) is 40.0 Å². The van der Waals surface area contributed by atoms with Crippen LogP contribution < -0.4 is 10.6 Å². The van der Waals surface area contributed by atoms with Crippen LogP contribution in [0.3, 0.4) is 0 Å². The molecular weight excluding hydrogens is 374 g/mol. The Morgan fingerprint density at radius 2 is 2.03 bits per heavy atom. The molecule has 1 amide bonds. The van der Waals surface area contributed by atoms with E-state index < -0.39 is 5.60 Å². The number of alkyl carbamates (subject to hydrolysis) is 1. The third kappa shape index (κ3) is 8.26. The van der Waals surface area contributed by atoms with Gasteiger partial charge < -0.3 is 25.0 Å². The summed E-state index contributed by atoms with van der Waals surface area (Å²) in [5, 5.41) is 10.2. The topological polar surface area (TPSA) is 106 Å². The zero-order valence-corrected chi connectivity index (χ0v) is 18.3. The molecule has 1 aliphatic rings. The number of ether oxygens (including phenoxy) is 2. The summed E-state index contributed by atoms with van der Waals surface area (Å²) in [4.78, 5) is 22.4. The number of piperidine rings is 1. The molecule has 2 N–H and O–H groups in total. The second kappa shape index (κ2) is 11.0. The van der Waals surface area contributed by atoms with E-state index in [0.29, 0.717) is 19.7 Å². The standard InChI is InChI=1S/C19H35N7O3/c1-19(2,3)29-18(27)21-9-6-12-28-15-7-10-26(11-8-15)17(20-4)22-13-16-23-14-24-25(16)5/h14-15H,6-13H2,1-5H3,(H,20,22)(H,21,27). The van der Waals surface area contributed by atoms with Gasteiger partial charge in [-0.15, -0.1) is 0 Å². The van der Waals surface area contributed by atoms with Crippen molar-refractivity contribution in [3.8, 4) is 0 Å². The van der Waals surface area contributed by atoms with Crippen molar-refractivity contribution in [1.82, 2.24) is 30.3 Å². The number of aliphatic imine (C=N–C) groups is 1. The first-order chi connectivity index (χ1) is 13.8. The highest BCUT2D eigenvalue weighted by Crippen LogP contribution is 2.14. The van der Waals surface area contributed by atoms with E-state index in [1.54, 1.807) is 18.1 Å². The van der Waals surface area contributed by atoms with Gasteiger partial charge in [-0.25, -0.2) is 9.78 Å².